The van der Waals surface area contributed by atoms with Crippen LogP contribution in [0, 0.1) is 5.92 Å². The van der Waals surface area contributed by atoms with Gasteiger partial charge >= 0.3 is 0 Å². The van der Waals surface area contributed by atoms with Crippen LogP contribution < -0.4 is 9.46 Å². The highest BCUT2D eigenvalue weighted by atomic mass is 32.2. The third-order valence-corrected chi connectivity index (χ3v) is 5.70. The molecule has 1 aliphatic heterocycles. The lowest BCUT2D eigenvalue weighted by Crippen LogP contribution is -2.40. The number of rotatable bonds is 7. The SMILES string of the molecule is CCOc1ccc(S(=O)(=O)NC2COCC2Cc2ccncc2)cc1. The van der Waals surface area contributed by atoms with Crippen molar-refractivity contribution in [3.8, 4) is 5.75 Å². The Balaban J connectivity index is 1.68. The van der Waals surface area contributed by atoms with Gasteiger partial charge in [0.05, 0.1) is 30.8 Å². The molecule has 25 heavy (non-hydrogen) atoms. The summed E-state index contributed by atoms with van der Waals surface area (Å²) in [5.74, 6) is 0.751. The first-order valence-electron chi connectivity index (χ1n) is 8.30. The van der Waals surface area contributed by atoms with E-state index in [1.165, 1.54) is 0 Å². The van der Waals surface area contributed by atoms with Crippen LogP contribution in [0.15, 0.2) is 53.7 Å². The average molecular weight is 362 g/mol. The van der Waals surface area contributed by atoms with E-state index in [0.717, 1.165) is 12.0 Å². The topological polar surface area (TPSA) is 77.5 Å². The van der Waals surface area contributed by atoms with Gasteiger partial charge in [0.15, 0.2) is 0 Å². The standard InChI is InChI=1S/C18H22N2O4S/c1-2-24-16-3-5-17(6-4-16)25(21,22)20-18-13-23-12-15(18)11-14-7-9-19-10-8-14/h3-10,15,18,20H,2,11-13H2,1H3. The molecule has 1 fully saturated rings. The molecule has 1 N–H and O–H groups in total. The van der Waals surface area contributed by atoms with Gasteiger partial charge in [0, 0.05) is 18.3 Å². The first-order valence-corrected chi connectivity index (χ1v) is 9.78. The zero-order chi connectivity index (χ0) is 17.7. The molecule has 2 aromatic rings. The van der Waals surface area contributed by atoms with E-state index in [0.29, 0.717) is 25.6 Å². The molecule has 0 amide bonds. The predicted molar refractivity (Wildman–Crippen MR) is 94.0 cm³/mol. The van der Waals surface area contributed by atoms with Crippen molar-refractivity contribution >= 4 is 10.0 Å². The van der Waals surface area contributed by atoms with Crippen molar-refractivity contribution in [1.29, 1.82) is 0 Å². The van der Waals surface area contributed by atoms with Crippen LogP contribution in [0.5, 0.6) is 5.75 Å². The second kappa shape index (κ2) is 7.95. The van der Waals surface area contributed by atoms with Crippen LogP contribution in [0.2, 0.25) is 0 Å². The van der Waals surface area contributed by atoms with E-state index in [2.05, 4.69) is 9.71 Å². The zero-order valence-corrected chi connectivity index (χ0v) is 14.9. The van der Waals surface area contributed by atoms with Crippen LogP contribution in [0.25, 0.3) is 0 Å². The molecule has 0 aliphatic carbocycles. The van der Waals surface area contributed by atoms with Gasteiger partial charge in [-0.05, 0) is 55.3 Å². The maximum Gasteiger partial charge on any atom is 0.240 e. The van der Waals surface area contributed by atoms with E-state index in [1.54, 1.807) is 36.7 Å². The number of benzene rings is 1. The van der Waals surface area contributed by atoms with Gasteiger partial charge in [0.25, 0.3) is 0 Å². The molecular weight excluding hydrogens is 340 g/mol. The van der Waals surface area contributed by atoms with Crippen LogP contribution in [0.3, 0.4) is 0 Å². The highest BCUT2D eigenvalue weighted by Gasteiger charge is 2.32. The first-order chi connectivity index (χ1) is 12.1. The van der Waals surface area contributed by atoms with Crippen molar-refractivity contribution in [2.45, 2.75) is 24.3 Å². The minimum Gasteiger partial charge on any atom is -0.494 e. The molecule has 0 radical (unpaired) electrons. The second-order valence-electron chi connectivity index (χ2n) is 5.99. The Hall–Kier alpha value is -1.96. The summed E-state index contributed by atoms with van der Waals surface area (Å²) in [4.78, 5) is 4.23. The molecule has 6 nitrogen and oxygen atoms in total. The average Bonchev–Trinajstić information content (AvgIpc) is 3.03. The Bertz CT molecular complexity index is 778. The lowest BCUT2D eigenvalue weighted by Gasteiger charge is -2.19. The Morgan fingerprint density at radius 3 is 2.56 bits per heavy atom. The molecule has 1 aliphatic rings. The summed E-state index contributed by atoms with van der Waals surface area (Å²) < 4.78 is 38.9. The van der Waals surface area contributed by atoms with E-state index in [1.807, 2.05) is 19.1 Å². The molecule has 0 spiro atoms. The van der Waals surface area contributed by atoms with Gasteiger partial charge in [-0.1, -0.05) is 0 Å². The molecule has 134 valence electrons. The normalized spacial score (nSPS) is 20.5. The molecule has 1 saturated heterocycles. The first kappa shape index (κ1) is 17.8. The Morgan fingerprint density at radius 2 is 1.88 bits per heavy atom. The molecule has 1 aromatic carbocycles. The number of pyridine rings is 1. The van der Waals surface area contributed by atoms with E-state index >= 15 is 0 Å². The summed E-state index contributed by atoms with van der Waals surface area (Å²) in [5, 5.41) is 0. The summed E-state index contributed by atoms with van der Waals surface area (Å²) in [6.45, 7) is 3.35. The summed E-state index contributed by atoms with van der Waals surface area (Å²) in [6, 6.07) is 10.1. The fraction of sp³-hybridized carbons (Fsp3) is 0.389. The molecule has 2 unspecified atom stereocenters. The number of hydrogen-bond acceptors (Lipinski definition) is 5. The van der Waals surface area contributed by atoms with Crippen LogP contribution in [0.1, 0.15) is 12.5 Å². The van der Waals surface area contributed by atoms with Gasteiger partial charge in [-0.25, -0.2) is 13.1 Å². The maximum atomic E-state index is 12.6. The molecule has 0 saturated carbocycles. The predicted octanol–water partition coefficient (Wildman–Crippen LogP) is 2.02. The summed E-state index contributed by atoms with van der Waals surface area (Å²) in [7, 11) is -3.60. The number of ether oxygens (including phenoxy) is 2. The highest BCUT2D eigenvalue weighted by molar-refractivity contribution is 7.89. The van der Waals surface area contributed by atoms with E-state index in [4.69, 9.17) is 9.47 Å². The van der Waals surface area contributed by atoms with Crippen LogP contribution in [-0.4, -0.2) is 39.3 Å². The molecule has 0 bridgehead atoms. The molecule has 2 heterocycles. The number of hydrogen-bond donors (Lipinski definition) is 1. The molecule has 1 aromatic heterocycles. The lowest BCUT2D eigenvalue weighted by atomic mass is 9.96. The van der Waals surface area contributed by atoms with Gasteiger partial charge < -0.3 is 9.47 Å². The number of nitrogens with one attached hydrogen (secondary N) is 1. The summed E-state index contributed by atoms with van der Waals surface area (Å²) in [5.41, 5.74) is 1.12. The molecule has 3 rings (SSSR count). The van der Waals surface area contributed by atoms with Gasteiger partial charge in [-0.15, -0.1) is 0 Å². The zero-order valence-electron chi connectivity index (χ0n) is 14.1. The minimum absolute atomic E-state index is 0.0971. The Kier molecular flexibility index (Phi) is 5.67. The summed E-state index contributed by atoms with van der Waals surface area (Å²) >= 11 is 0. The lowest BCUT2D eigenvalue weighted by molar-refractivity contribution is 0.183. The summed E-state index contributed by atoms with van der Waals surface area (Å²) in [6.07, 6.45) is 4.23. The fourth-order valence-electron chi connectivity index (χ4n) is 2.90. The Morgan fingerprint density at radius 1 is 1.16 bits per heavy atom. The van der Waals surface area contributed by atoms with Crippen molar-refractivity contribution in [1.82, 2.24) is 9.71 Å². The number of nitrogens with zero attached hydrogens (tertiary/aromatic N) is 1. The van der Waals surface area contributed by atoms with Crippen molar-refractivity contribution < 1.29 is 17.9 Å². The monoisotopic (exact) mass is 362 g/mol. The Labute approximate surface area is 148 Å². The van der Waals surface area contributed by atoms with Crippen LogP contribution >= 0.6 is 0 Å². The van der Waals surface area contributed by atoms with Gasteiger partial charge in [-0.2, -0.15) is 0 Å². The fourth-order valence-corrected chi connectivity index (χ4v) is 4.19. The smallest absolute Gasteiger partial charge is 0.240 e. The maximum absolute atomic E-state index is 12.6. The van der Waals surface area contributed by atoms with E-state index in [9.17, 15) is 8.42 Å². The number of aromatic nitrogens is 1. The third-order valence-electron chi connectivity index (χ3n) is 4.20. The van der Waals surface area contributed by atoms with Crippen molar-refractivity contribution in [2.24, 2.45) is 5.92 Å². The van der Waals surface area contributed by atoms with Gasteiger partial charge in [-0.3, -0.25) is 4.98 Å². The molecule has 2 atom stereocenters. The number of sulfonamides is 1. The largest absolute Gasteiger partial charge is 0.494 e. The van der Waals surface area contributed by atoms with E-state index < -0.39 is 10.0 Å². The second-order valence-corrected chi connectivity index (χ2v) is 7.70. The van der Waals surface area contributed by atoms with Gasteiger partial charge in [0.1, 0.15) is 5.75 Å². The van der Waals surface area contributed by atoms with Crippen LogP contribution in [0.4, 0.5) is 0 Å². The molecular formula is C18H22N2O4S. The quantitative estimate of drug-likeness (QED) is 0.815. The van der Waals surface area contributed by atoms with Crippen molar-refractivity contribution in [3.05, 3.63) is 54.4 Å². The third kappa shape index (κ3) is 4.56. The van der Waals surface area contributed by atoms with Crippen LogP contribution in [-0.2, 0) is 21.2 Å². The van der Waals surface area contributed by atoms with Crippen molar-refractivity contribution in [2.75, 3.05) is 19.8 Å². The van der Waals surface area contributed by atoms with Gasteiger partial charge in [0.2, 0.25) is 10.0 Å². The molecule has 7 heteroatoms. The van der Waals surface area contributed by atoms with Crippen molar-refractivity contribution in [3.63, 3.8) is 0 Å². The highest BCUT2D eigenvalue weighted by Crippen LogP contribution is 2.22. The minimum atomic E-state index is -3.60. The van der Waals surface area contributed by atoms with E-state index in [-0.39, 0.29) is 16.9 Å².